The van der Waals surface area contributed by atoms with Crippen LogP contribution in [0.5, 0.6) is 0 Å². The minimum absolute atomic E-state index is 0.633. The Morgan fingerprint density at radius 3 is 2.75 bits per heavy atom. The molecule has 1 aliphatic heterocycles. The molecule has 0 aromatic heterocycles. The van der Waals surface area contributed by atoms with Gasteiger partial charge < -0.3 is 15.5 Å². The number of hydrogen-bond donors (Lipinski definition) is 1. The summed E-state index contributed by atoms with van der Waals surface area (Å²) in [5, 5.41) is 8.81. The standard InChI is InChI=1S/C12H24N4/c1-11-9-16(8-7-15(11)3)6-4-5-12(2,14)10-13/h11H,4-9,14H2,1-3H3. The third-order valence-electron chi connectivity index (χ3n) is 3.47. The highest BCUT2D eigenvalue weighted by Crippen LogP contribution is 2.11. The zero-order valence-electron chi connectivity index (χ0n) is 10.7. The maximum atomic E-state index is 8.81. The zero-order chi connectivity index (χ0) is 12.2. The number of nitrogens with zero attached hydrogens (tertiary/aromatic N) is 3. The Balaban J connectivity index is 2.22. The van der Waals surface area contributed by atoms with Crippen molar-refractivity contribution in [3.05, 3.63) is 0 Å². The molecule has 4 nitrogen and oxygen atoms in total. The molecule has 92 valence electrons. The van der Waals surface area contributed by atoms with Crippen molar-refractivity contribution in [3.63, 3.8) is 0 Å². The van der Waals surface area contributed by atoms with Gasteiger partial charge in [0.05, 0.1) is 6.07 Å². The predicted octanol–water partition coefficient (Wildman–Crippen LogP) is 0.643. The third-order valence-corrected chi connectivity index (χ3v) is 3.47. The van der Waals surface area contributed by atoms with E-state index in [-0.39, 0.29) is 0 Å². The summed E-state index contributed by atoms with van der Waals surface area (Å²) in [5.41, 5.74) is 5.14. The van der Waals surface area contributed by atoms with E-state index in [0.717, 1.165) is 39.0 Å². The summed E-state index contributed by atoms with van der Waals surface area (Å²) in [6, 6.07) is 2.78. The second kappa shape index (κ2) is 5.62. The Labute approximate surface area is 99.0 Å². The first kappa shape index (κ1) is 13.4. The summed E-state index contributed by atoms with van der Waals surface area (Å²) < 4.78 is 0. The Bertz CT molecular complexity index is 256. The van der Waals surface area contributed by atoms with Gasteiger partial charge in [0.15, 0.2) is 0 Å². The maximum Gasteiger partial charge on any atom is 0.101 e. The highest BCUT2D eigenvalue weighted by molar-refractivity contribution is 5.00. The monoisotopic (exact) mass is 224 g/mol. The lowest BCUT2D eigenvalue weighted by Gasteiger charge is -2.37. The Kier molecular flexibility index (Phi) is 4.72. The average Bonchev–Trinajstić information content (AvgIpc) is 2.23. The summed E-state index contributed by atoms with van der Waals surface area (Å²) in [6.45, 7) is 8.53. The van der Waals surface area contributed by atoms with Crippen molar-refractivity contribution in [2.45, 2.75) is 38.3 Å². The highest BCUT2D eigenvalue weighted by atomic mass is 15.3. The van der Waals surface area contributed by atoms with Crippen LogP contribution in [-0.2, 0) is 0 Å². The molecule has 0 aromatic rings. The van der Waals surface area contributed by atoms with Crippen molar-refractivity contribution in [3.8, 4) is 6.07 Å². The molecule has 2 unspecified atom stereocenters. The molecule has 1 heterocycles. The van der Waals surface area contributed by atoms with Crippen LogP contribution in [0.1, 0.15) is 26.7 Å². The molecule has 0 aliphatic carbocycles. The molecular weight excluding hydrogens is 200 g/mol. The van der Waals surface area contributed by atoms with E-state index >= 15 is 0 Å². The van der Waals surface area contributed by atoms with Gasteiger partial charge in [0.2, 0.25) is 0 Å². The first-order valence-corrected chi connectivity index (χ1v) is 6.07. The fourth-order valence-corrected chi connectivity index (χ4v) is 2.05. The van der Waals surface area contributed by atoms with E-state index in [1.165, 1.54) is 0 Å². The van der Waals surface area contributed by atoms with Crippen LogP contribution < -0.4 is 5.73 Å². The summed E-state index contributed by atoms with van der Waals surface area (Å²) in [5.74, 6) is 0. The molecule has 1 fully saturated rings. The maximum absolute atomic E-state index is 8.81. The molecule has 1 aliphatic rings. The van der Waals surface area contributed by atoms with Crippen LogP contribution in [0.4, 0.5) is 0 Å². The van der Waals surface area contributed by atoms with E-state index in [4.69, 9.17) is 11.0 Å². The average molecular weight is 224 g/mol. The molecule has 0 bridgehead atoms. The normalized spacial score (nSPS) is 27.3. The van der Waals surface area contributed by atoms with E-state index in [1.807, 2.05) is 0 Å². The fourth-order valence-electron chi connectivity index (χ4n) is 2.05. The summed E-state index contributed by atoms with van der Waals surface area (Å²) in [7, 11) is 2.18. The van der Waals surface area contributed by atoms with Gasteiger partial charge in [0.25, 0.3) is 0 Å². The Hall–Kier alpha value is -0.630. The van der Waals surface area contributed by atoms with Crippen LogP contribution >= 0.6 is 0 Å². The largest absolute Gasteiger partial charge is 0.314 e. The van der Waals surface area contributed by atoms with Crippen molar-refractivity contribution < 1.29 is 0 Å². The van der Waals surface area contributed by atoms with Crippen molar-refractivity contribution in [1.82, 2.24) is 9.80 Å². The predicted molar refractivity (Wildman–Crippen MR) is 66.0 cm³/mol. The fraction of sp³-hybridized carbons (Fsp3) is 0.917. The van der Waals surface area contributed by atoms with E-state index in [0.29, 0.717) is 6.04 Å². The SMILES string of the molecule is CC1CN(CCCC(C)(N)C#N)CCN1C. The topological polar surface area (TPSA) is 56.3 Å². The van der Waals surface area contributed by atoms with Crippen molar-refractivity contribution in [1.29, 1.82) is 5.26 Å². The summed E-state index contributed by atoms with van der Waals surface area (Å²) in [4.78, 5) is 4.86. The molecule has 0 radical (unpaired) electrons. The van der Waals surface area contributed by atoms with E-state index in [2.05, 4.69) is 29.8 Å². The molecule has 2 N–H and O–H groups in total. The number of piperazine rings is 1. The molecule has 1 saturated heterocycles. The van der Waals surface area contributed by atoms with E-state index in [1.54, 1.807) is 6.92 Å². The minimum Gasteiger partial charge on any atom is -0.314 e. The smallest absolute Gasteiger partial charge is 0.101 e. The molecule has 16 heavy (non-hydrogen) atoms. The number of hydrogen-bond acceptors (Lipinski definition) is 4. The van der Waals surface area contributed by atoms with Crippen LogP contribution in [0.3, 0.4) is 0 Å². The first-order valence-electron chi connectivity index (χ1n) is 6.07. The van der Waals surface area contributed by atoms with Crippen LogP contribution in [0.15, 0.2) is 0 Å². The van der Waals surface area contributed by atoms with Crippen LogP contribution in [-0.4, -0.2) is 54.6 Å². The van der Waals surface area contributed by atoms with Gasteiger partial charge in [0, 0.05) is 25.7 Å². The second-order valence-electron chi connectivity index (χ2n) is 5.26. The number of nitriles is 1. The van der Waals surface area contributed by atoms with Crippen LogP contribution in [0.25, 0.3) is 0 Å². The molecule has 2 atom stereocenters. The second-order valence-corrected chi connectivity index (χ2v) is 5.26. The Morgan fingerprint density at radius 1 is 1.50 bits per heavy atom. The lowest BCUT2D eigenvalue weighted by atomic mass is 9.99. The number of nitrogens with two attached hydrogens (primary N) is 1. The lowest BCUT2D eigenvalue weighted by Crippen LogP contribution is -2.50. The van der Waals surface area contributed by atoms with Gasteiger partial charge in [-0.2, -0.15) is 5.26 Å². The van der Waals surface area contributed by atoms with Gasteiger partial charge in [-0.1, -0.05) is 0 Å². The van der Waals surface area contributed by atoms with Gasteiger partial charge >= 0.3 is 0 Å². The summed E-state index contributed by atoms with van der Waals surface area (Å²) >= 11 is 0. The zero-order valence-corrected chi connectivity index (χ0v) is 10.7. The molecule has 1 rings (SSSR count). The third kappa shape index (κ3) is 4.09. The molecule has 0 saturated carbocycles. The molecule has 4 heteroatoms. The van der Waals surface area contributed by atoms with Gasteiger partial charge in [-0.05, 0) is 40.3 Å². The van der Waals surface area contributed by atoms with Crippen molar-refractivity contribution in [2.75, 3.05) is 33.2 Å². The quantitative estimate of drug-likeness (QED) is 0.761. The van der Waals surface area contributed by atoms with Crippen LogP contribution in [0.2, 0.25) is 0 Å². The van der Waals surface area contributed by atoms with E-state index in [9.17, 15) is 0 Å². The number of rotatable bonds is 4. The Morgan fingerprint density at radius 2 is 2.19 bits per heavy atom. The molecular formula is C12H24N4. The summed E-state index contributed by atoms with van der Waals surface area (Å²) in [6.07, 6.45) is 1.79. The number of likely N-dealkylation sites (N-methyl/N-ethyl adjacent to an activating group) is 1. The van der Waals surface area contributed by atoms with Crippen LogP contribution in [0, 0.1) is 11.3 Å². The first-order chi connectivity index (χ1) is 7.44. The van der Waals surface area contributed by atoms with Gasteiger partial charge in [0.1, 0.15) is 5.54 Å². The molecule has 0 aromatic carbocycles. The van der Waals surface area contributed by atoms with Gasteiger partial charge in [-0.3, -0.25) is 0 Å². The molecule has 0 spiro atoms. The van der Waals surface area contributed by atoms with Gasteiger partial charge in [-0.15, -0.1) is 0 Å². The van der Waals surface area contributed by atoms with Crippen molar-refractivity contribution >= 4 is 0 Å². The minimum atomic E-state index is -0.655. The van der Waals surface area contributed by atoms with E-state index < -0.39 is 5.54 Å². The van der Waals surface area contributed by atoms with Crippen molar-refractivity contribution in [2.24, 2.45) is 5.73 Å². The molecule has 0 amide bonds. The van der Waals surface area contributed by atoms with Gasteiger partial charge in [-0.25, -0.2) is 0 Å². The highest BCUT2D eigenvalue weighted by Gasteiger charge is 2.21. The lowest BCUT2D eigenvalue weighted by molar-refractivity contribution is 0.103.